The van der Waals surface area contributed by atoms with Crippen LogP contribution >= 0.6 is 15.9 Å². The van der Waals surface area contributed by atoms with Crippen molar-refractivity contribution in [2.75, 3.05) is 6.61 Å². The average molecular weight is 342 g/mol. The summed E-state index contributed by atoms with van der Waals surface area (Å²) in [7, 11) is 0. The van der Waals surface area contributed by atoms with E-state index in [1.54, 1.807) is 0 Å². The third-order valence-corrected chi connectivity index (χ3v) is 3.16. The highest BCUT2D eigenvalue weighted by Crippen LogP contribution is 2.26. The van der Waals surface area contributed by atoms with E-state index in [9.17, 15) is 4.79 Å². The summed E-state index contributed by atoms with van der Waals surface area (Å²) < 4.78 is 6.45. The Morgan fingerprint density at radius 3 is 2.20 bits per heavy atom. The van der Waals surface area contributed by atoms with Crippen LogP contribution in [0.15, 0.2) is 28.7 Å². The zero-order valence-electron chi connectivity index (χ0n) is 12.9. The van der Waals surface area contributed by atoms with Crippen molar-refractivity contribution in [1.82, 2.24) is 5.32 Å². The molecule has 112 valence electrons. The molecule has 4 heteroatoms. The fourth-order valence-corrected chi connectivity index (χ4v) is 2.73. The lowest BCUT2D eigenvalue weighted by atomic mass is 9.82. The van der Waals surface area contributed by atoms with Gasteiger partial charge < -0.3 is 10.1 Å². The molecule has 0 heterocycles. The molecule has 1 amide bonds. The minimum absolute atomic E-state index is 0.0369. The number of carbonyl (C=O) groups is 1. The lowest BCUT2D eigenvalue weighted by Gasteiger charge is -2.33. The Bertz CT molecular complexity index is 447. The highest BCUT2D eigenvalue weighted by Gasteiger charge is 2.26. The predicted octanol–water partition coefficient (Wildman–Crippen LogP) is 4.16. The second-order valence-corrected chi connectivity index (χ2v) is 7.83. The summed E-state index contributed by atoms with van der Waals surface area (Å²) in [6.45, 7) is 10.6. The molecule has 0 spiro atoms. The van der Waals surface area contributed by atoms with Crippen LogP contribution in [0.5, 0.6) is 5.75 Å². The second-order valence-electron chi connectivity index (χ2n) is 6.91. The van der Waals surface area contributed by atoms with E-state index in [0.29, 0.717) is 5.75 Å². The lowest BCUT2D eigenvalue weighted by Crippen LogP contribution is -2.47. The quantitative estimate of drug-likeness (QED) is 0.873. The van der Waals surface area contributed by atoms with Gasteiger partial charge in [-0.2, -0.15) is 0 Å². The van der Waals surface area contributed by atoms with E-state index in [-0.39, 0.29) is 23.5 Å². The molecule has 0 atom stereocenters. The van der Waals surface area contributed by atoms with Crippen molar-refractivity contribution in [3.63, 3.8) is 0 Å². The van der Waals surface area contributed by atoms with Crippen molar-refractivity contribution in [2.24, 2.45) is 5.41 Å². The van der Waals surface area contributed by atoms with Gasteiger partial charge in [-0.3, -0.25) is 4.79 Å². The number of benzene rings is 1. The number of nitrogens with one attached hydrogen (secondary N) is 1. The van der Waals surface area contributed by atoms with Crippen molar-refractivity contribution >= 4 is 21.8 Å². The van der Waals surface area contributed by atoms with Gasteiger partial charge in [0.25, 0.3) is 5.91 Å². The van der Waals surface area contributed by atoms with Crippen molar-refractivity contribution in [1.29, 1.82) is 0 Å². The fraction of sp³-hybridized carbons (Fsp3) is 0.562. The molecule has 0 aliphatic heterocycles. The van der Waals surface area contributed by atoms with Crippen molar-refractivity contribution in [3.05, 3.63) is 28.7 Å². The van der Waals surface area contributed by atoms with Crippen LogP contribution in [-0.2, 0) is 4.79 Å². The monoisotopic (exact) mass is 341 g/mol. The summed E-state index contributed by atoms with van der Waals surface area (Å²) in [5.41, 5.74) is -0.0677. The zero-order chi connectivity index (χ0) is 15.4. The third-order valence-electron chi connectivity index (χ3n) is 2.63. The van der Waals surface area contributed by atoms with Gasteiger partial charge in [0.15, 0.2) is 6.61 Å². The molecule has 0 fully saturated rings. The van der Waals surface area contributed by atoms with Gasteiger partial charge >= 0.3 is 0 Å². The van der Waals surface area contributed by atoms with Crippen LogP contribution in [0.3, 0.4) is 0 Å². The van der Waals surface area contributed by atoms with Gasteiger partial charge in [0.05, 0.1) is 0 Å². The van der Waals surface area contributed by atoms with Crippen LogP contribution in [0, 0.1) is 5.41 Å². The van der Waals surface area contributed by atoms with Gasteiger partial charge in [-0.15, -0.1) is 0 Å². The van der Waals surface area contributed by atoms with Crippen LogP contribution in [0.1, 0.15) is 41.0 Å². The highest BCUT2D eigenvalue weighted by atomic mass is 79.9. The number of rotatable bonds is 5. The van der Waals surface area contributed by atoms with Gasteiger partial charge in [0, 0.05) is 10.0 Å². The van der Waals surface area contributed by atoms with E-state index in [0.717, 1.165) is 10.9 Å². The summed E-state index contributed by atoms with van der Waals surface area (Å²) in [5, 5.41) is 3.02. The number of amides is 1. The van der Waals surface area contributed by atoms with Gasteiger partial charge in [-0.25, -0.2) is 0 Å². The normalized spacial score (nSPS) is 12.1. The summed E-state index contributed by atoms with van der Waals surface area (Å²) >= 11 is 3.36. The Hall–Kier alpha value is -1.03. The standard InChI is InChI=1S/C16H24BrNO2/c1-15(2,3)11-16(4,5)18-14(19)10-20-13-8-6-12(17)7-9-13/h6-9H,10-11H2,1-5H3,(H,18,19). The molecule has 0 saturated heterocycles. The average Bonchev–Trinajstić information content (AvgIpc) is 2.24. The van der Waals surface area contributed by atoms with Crippen LogP contribution < -0.4 is 10.1 Å². The van der Waals surface area contributed by atoms with E-state index in [1.807, 2.05) is 38.1 Å². The first-order valence-electron chi connectivity index (χ1n) is 6.77. The largest absolute Gasteiger partial charge is 0.484 e. The van der Waals surface area contributed by atoms with Crippen LogP contribution in [0.25, 0.3) is 0 Å². The lowest BCUT2D eigenvalue weighted by molar-refractivity contribution is -0.125. The molecule has 0 saturated carbocycles. The maximum Gasteiger partial charge on any atom is 0.258 e. The molecule has 3 nitrogen and oxygen atoms in total. The topological polar surface area (TPSA) is 38.3 Å². The van der Waals surface area contributed by atoms with Gasteiger partial charge in [0.2, 0.25) is 0 Å². The molecule has 1 N–H and O–H groups in total. The number of carbonyl (C=O) groups excluding carboxylic acids is 1. The minimum atomic E-state index is -0.238. The van der Waals surface area contributed by atoms with E-state index in [2.05, 4.69) is 42.0 Å². The smallest absolute Gasteiger partial charge is 0.258 e. The van der Waals surface area contributed by atoms with Gasteiger partial charge in [-0.05, 0) is 49.9 Å². The number of hydrogen-bond donors (Lipinski definition) is 1. The molecule has 1 aromatic carbocycles. The van der Waals surface area contributed by atoms with Crippen LogP contribution in [-0.4, -0.2) is 18.1 Å². The summed E-state index contributed by atoms with van der Waals surface area (Å²) in [6.07, 6.45) is 0.907. The van der Waals surface area contributed by atoms with Gasteiger partial charge in [0.1, 0.15) is 5.75 Å². The maximum absolute atomic E-state index is 11.9. The summed E-state index contributed by atoms with van der Waals surface area (Å²) in [5.74, 6) is 0.596. The number of ether oxygens (including phenoxy) is 1. The Morgan fingerprint density at radius 2 is 1.70 bits per heavy atom. The molecule has 0 bridgehead atoms. The van der Waals surface area contributed by atoms with E-state index in [4.69, 9.17) is 4.74 Å². The molecule has 0 aliphatic carbocycles. The Balaban J connectivity index is 2.45. The predicted molar refractivity (Wildman–Crippen MR) is 85.9 cm³/mol. The first-order chi connectivity index (χ1) is 9.07. The van der Waals surface area contributed by atoms with Crippen LogP contribution in [0.4, 0.5) is 0 Å². The zero-order valence-corrected chi connectivity index (χ0v) is 14.5. The van der Waals surface area contributed by atoms with E-state index < -0.39 is 0 Å². The molecule has 0 aromatic heterocycles. The molecule has 1 aromatic rings. The SMILES string of the molecule is CC(C)(C)CC(C)(C)NC(=O)COc1ccc(Br)cc1. The van der Waals surface area contributed by atoms with Crippen molar-refractivity contribution in [2.45, 2.75) is 46.6 Å². The first-order valence-corrected chi connectivity index (χ1v) is 7.56. The number of hydrogen-bond acceptors (Lipinski definition) is 2. The summed E-state index contributed by atoms with van der Waals surface area (Å²) in [4.78, 5) is 11.9. The summed E-state index contributed by atoms with van der Waals surface area (Å²) in [6, 6.07) is 7.43. The maximum atomic E-state index is 11.9. The molecule has 1 rings (SSSR count). The molecule has 0 radical (unpaired) electrons. The van der Waals surface area contributed by atoms with E-state index in [1.165, 1.54) is 0 Å². The Morgan fingerprint density at radius 1 is 1.15 bits per heavy atom. The van der Waals surface area contributed by atoms with Gasteiger partial charge in [-0.1, -0.05) is 36.7 Å². The van der Waals surface area contributed by atoms with E-state index >= 15 is 0 Å². The molecule has 0 aliphatic rings. The fourth-order valence-electron chi connectivity index (χ4n) is 2.46. The third kappa shape index (κ3) is 6.94. The highest BCUT2D eigenvalue weighted by molar-refractivity contribution is 9.10. The van der Waals surface area contributed by atoms with Crippen molar-refractivity contribution < 1.29 is 9.53 Å². The minimum Gasteiger partial charge on any atom is -0.484 e. The molecular weight excluding hydrogens is 318 g/mol. The molecule has 20 heavy (non-hydrogen) atoms. The van der Waals surface area contributed by atoms with Crippen molar-refractivity contribution in [3.8, 4) is 5.75 Å². The Kier molecular flexibility index (Phi) is 5.63. The molecular formula is C16H24BrNO2. The first kappa shape index (κ1) is 17.0. The number of halogens is 1. The van der Waals surface area contributed by atoms with Crippen LogP contribution in [0.2, 0.25) is 0 Å². The second kappa shape index (κ2) is 6.61. The Labute approximate surface area is 130 Å². The molecule has 0 unspecified atom stereocenters.